The first-order valence-corrected chi connectivity index (χ1v) is 12.1. The van der Waals surface area contributed by atoms with Crippen LogP contribution in [-0.4, -0.2) is 46.1 Å². The molecule has 0 spiro atoms. The number of alkyl halides is 3. The van der Waals surface area contributed by atoms with Crippen molar-refractivity contribution in [3.8, 4) is 11.5 Å². The van der Waals surface area contributed by atoms with Crippen LogP contribution in [0.4, 0.5) is 24.7 Å². The predicted octanol–water partition coefficient (Wildman–Crippen LogP) is 6.14. The zero-order valence-corrected chi connectivity index (χ0v) is 20.6. The Bertz CT molecular complexity index is 1350. The Hall–Kier alpha value is -3.53. The lowest BCUT2D eigenvalue weighted by Gasteiger charge is -2.38. The normalized spacial score (nSPS) is 21.1. The second-order valence-electron chi connectivity index (χ2n) is 9.11. The van der Waals surface area contributed by atoms with E-state index in [-0.39, 0.29) is 34.8 Å². The van der Waals surface area contributed by atoms with Crippen molar-refractivity contribution in [1.82, 2.24) is 14.9 Å². The van der Waals surface area contributed by atoms with Gasteiger partial charge in [0.1, 0.15) is 18.2 Å². The highest BCUT2D eigenvalue weighted by atomic mass is 35.5. The third-order valence-electron chi connectivity index (χ3n) is 6.87. The van der Waals surface area contributed by atoms with Gasteiger partial charge in [0, 0.05) is 42.1 Å². The van der Waals surface area contributed by atoms with Gasteiger partial charge < -0.3 is 19.7 Å². The molecule has 37 heavy (non-hydrogen) atoms. The molecule has 5 rings (SSSR count). The molecule has 0 aliphatic carbocycles. The fourth-order valence-electron chi connectivity index (χ4n) is 5.24. The molecular formula is C26H24ClF3N4O3. The van der Waals surface area contributed by atoms with Crippen LogP contribution < -0.4 is 14.8 Å². The fraction of sp³-hybridized carbons (Fsp3) is 0.346. The molecule has 2 bridgehead atoms. The Morgan fingerprint density at radius 2 is 1.89 bits per heavy atom. The number of hydrogen-bond acceptors (Lipinski definition) is 6. The van der Waals surface area contributed by atoms with Crippen LogP contribution in [0.1, 0.15) is 31.2 Å². The molecule has 2 fully saturated rings. The monoisotopic (exact) mass is 532 g/mol. The highest BCUT2D eigenvalue weighted by molar-refractivity contribution is 6.31. The van der Waals surface area contributed by atoms with Crippen molar-refractivity contribution < 1.29 is 27.4 Å². The number of amides is 1. The van der Waals surface area contributed by atoms with Gasteiger partial charge in [-0.2, -0.15) is 13.2 Å². The molecular weight excluding hydrogens is 509 g/mol. The summed E-state index contributed by atoms with van der Waals surface area (Å²) in [6.07, 6.45) is 1.13. The number of nitrogens with one attached hydrogen (secondary N) is 1. The summed E-state index contributed by atoms with van der Waals surface area (Å²) in [5.74, 6) is 1.19. The van der Waals surface area contributed by atoms with E-state index in [1.165, 1.54) is 31.6 Å². The lowest BCUT2D eigenvalue weighted by Crippen LogP contribution is -2.48. The largest absolute Gasteiger partial charge is 0.493 e. The van der Waals surface area contributed by atoms with Crippen molar-refractivity contribution in [3.63, 3.8) is 0 Å². The summed E-state index contributed by atoms with van der Waals surface area (Å²) in [6.45, 7) is 3.61. The van der Waals surface area contributed by atoms with E-state index < -0.39 is 11.7 Å². The lowest BCUT2D eigenvalue weighted by molar-refractivity contribution is -0.137. The molecule has 11 heteroatoms. The molecule has 0 saturated carbocycles. The number of piperidine rings is 1. The summed E-state index contributed by atoms with van der Waals surface area (Å²) in [4.78, 5) is 22.7. The second kappa shape index (κ2) is 9.74. The first kappa shape index (κ1) is 25.1. The average molecular weight is 533 g/mol. The molecule has 0 radical (unpaired) electrons. The van der Waals surface area contributed by atoms with Crippen LogP contribution in [0, 0.1) is 0 Å². The smallest absolute Gasteiger partial charge is 0.417 e. The third-order valence-corrected chi connectivity index (χ3v) is 7.20. The SMILES string of the molecule is C=CC(=O)N1C2CCC1CC(Oc1cc3c(Nc4ccc(Cl)c(C(F)(F)F)c4)ncnc3cc1OC)C2. The number of nitrogens with zero attached hydrogens (tertiary/aromatic N) is 3. The maximum Gasteiger partial charge on any atom is 0.417 e. The molecule has 3 heterocycles. The van der Waals surface area contributed by atoms with Gasteiger partial charge in [0.15, 0.2) is 11.5 Å². The average Bonchev–Trinajstić information content (AvgIpc) is 3.14. The number of halogens is 4. The third kappa shape index (κ3) is 4.90. The molecule has 2 aliphatic rings. The topological polar surface area (TPSA) is 76.6 Å². The van der Waals surface area contributed by atoms with Crippen LogP contribution in [0.25, 0.3) is 10.9 Å². The summed E-state index contributed by atoms with van der Waals surface area (Å²) in [6, 6.07) is 7.17. The van der Waals surface area contributed by atoms with Crippen LogP contribution in [0.2, 0.25) is 5.02 Å². The number of ether oxygens (including phenoxy) is 2. The van der Waals surface area contributed by atoms with Crippen LogP contribution in [0.3, 0.4) is 0 Å². The molecule has 2 aromatic carbocycles. The first-order chi connectivity index (χ1) is 17.7. The number of benzene rings is 2. The Kier molecular flexibility index (Phi) is 6.61. The molecule has 1 N–H and O–H groups in total. The lowest BCUT2D eigenvalue weighted by atomic mass is 9.99. The first-order valence-electron chi connectivity index (χ1n) is 11.8. The Morgan fingerprint density at radius 3 is 2.54 bits per heavy atom. The van der Waals surface area contributed by atoms with Gasteiger partial charge in [0.25, 0.3) is 0 Å². The zero-order valence-electron chi connectivity index (χ0n) is 19.9. The minimum absolute atomic E-state index is 0.0574. The molecule has 3 aromatic rings. The van der Waals surface area contributed by atoms with E-state index in [9.17, 15) is 18.0 Å². The van der Waals surface area contributed by atoms with Gasteiger partial charge in [-0.05, 0) is 43.2 Å². The summed E-state index contributed by atoms with van der Waals surface area (Å²) < 4.78 is 51.9. The number of aromatic nitrogens is 2. The minimum Gasteiger partial charge on any atom is -0.493 e. The van der Waals surface area contributed by atoms with E-state index >= 15 is 0 Å². The number of rotatable bonds is 6. The summed E-state index contributed by atoms with van der Waals surface area (Å²) in [7, 11) is 1.52. The van der Waals surface area contributed by atoms with Crippen LogP contribution in [-0.2, 0) is 11.0 Å². The van der Waals surface area contributed by atoms with Crippen molar-refractivity contribution in [2.75, 3.05) is 12.4 Å². The molecule has 2 unspecified atom stereocenters. The van der Waals surface area contributed by atoms with Gasteiger partial charge in [0.05, 0.1) is 23.2 Å². The van der Waals surface area contributed by atoms with Crippen molar-refractivity contribution in [1.29, 1.82) is 0 Å². The van der Waals surface area contributed by atoms with Gasteiger partial charge in [0.2, 0.25) is 5.91 Å². The van der Waals surface area contributed by atoms with Crippen LogP contribution in [0.15, 0.2) is 49.3 Å². The Balaban J connectivity index is 1.44. The number of methoxy groups -OCH3 is 1. The maximum absolute atomic E-state index is 13.3. The number of carbonyl (C=O) groups is 1. The van der Waals surface area contributed by atoms with E-state index in [0.29, 0.717) is 41.1 Å². The van der Waals surface area contributed by atoms with Gasteiger partial charge >= 0.3 is 6.18 Å². The Morgan fingerprint density at radius 1 is 1.16 bits per heavy atom. The fourth-order valence-corrected chi connectivity index (χ4v) is 5.47. The summed E-state index contributed by atoms with van der Waals surface area (Å²) >= 11 is 5.75. The molecule has 1 amide bonds. The quantitative estimate of drug-likeness (QED) is 0.384. The standard InChI is InChI=1S/C26H24ClF3N4O3/c1-3-24(35)34-15-5-6-16(34)10-17(9-15)37-23-11-18-21(12-22(23)36-2)31-13-32-25(18)33-14-4-7-20(27)19(8-14)26(28,29)30/h3-4,7-8,11-13,15-17H,1,5-6,9-10H2,2H3,(H,31,32,33). The highest BCUT2D eigenvalue weighted by Gasteiger charge is 2.43. The van der Waals surface area contributed by atoms with E-state index in [1.54, 1.807) is 12.1 Å². The highest BCUT2D eigenvalue weighted by Crippen LogP contribution is 2.41. The van der Waals surface area contributed by atoms with Crippen LogP contribution in [0.5, 0.6) is 11.5 Å². The zero-order chi connectivity index (χ0) is 26.3. The number of fused-ring (bicyclic) bond motifs is 3. The second-order valence-corrected chi connectivity index (χ2v) is 9.51. The van der Waals surface area contributed by atoms with E-state index in [0.717, 1.165) is 18.9 Å². The van der Waals surface area contributed by atoms with Crippen molar-refractivity contribution in [3.05, 3.63) is 59.9 Å². The molecule has 2 saturated heterocycles. The minimum atomic E-state index is -4.60. The van der Waals surface area contributed by atoms with Gasteiger partial charge in [-0.3, -0.25) is 4.79 Å². The van der Waals surface area contributed by atoms with E-state index in [1.807, 2.05) is 4.90 Å². The molecule has 7 nitrogen and oxygen atoms in total. The molecule has 194 valence electrons. The number of hydrogen-bond donors (Lipinski definition) is 1. The summed E-state index contributed by atoms with van der Waals surface area (Å²) in [5, 5.41) is 3.10. The van der Waals surface area contributed by atoms with Crippen molar-refractivity contribution in [2.45, 2.75) is 50.0 Å². The molecule has 2 aliphatic heterocycles. The van der Waals surface area contributed by atoms with Gasteiger partial charge in [-0.1, -0.05) is 18.2 Å². The predicted molar refractivity (Wildman–Crippen MR) is 133 cm³/mol. The van der Waals surface area contributed by atoms with Crippen molar-refractivity contribution in [2.24, 2.45) is 0 Å². The van der Waals surface area contributed by atoms with Gasteiger partial charge in [-0.25, -0.2) is 9.97 Å². The van der Waals surface area contributed by atoms with Crippen molar-refractivity contribution >= 4 is 39.9 Å². The number of carbonyl (C=O) groups excluding carboxylic acids is 1. The van der Waals surface area contributed by atoms with Gasteiger partial charge in [-0.15, -0.1) is 0 Å². The maximum atomic E-state index is 13.3. The van der Waals surface area contributed by atoms with E-state index in [4.69, 9.17) is 21.1 Å². The molecule has 1 aromatic heterocycles. The molecule has 2 atom stereocenters. The Labute approximate surface area is 216 Å². The summed E-state index contributed by atoms with van der Waals surface area (Å²) in [5.41, 5.74) is -0.247. The van der Waals surface area contributed by atoms with E-state index in [2.05, 4.69) is 21.9 Å². The van der Waals surface area contributed by atoms with Crippen LogP contribution >= 0.6 is 11.6 Å². The number of anilines is 2.